The van der Waals surface area contributed by atoms with E-state index in [-0.39, 0.29) is 5.54 Å². The molecule has 0 aliphatic carbocycles. The summed E-state index contributed by atoms with van der Waals surface area (Å²) >= 11 is 0. The fourth-order valence-electron chi connectivity index (χ4n) is 1.72. The van der Waals surface area contributed by atoms with E-state index in [9.17, 15) is 0 Å². The van der Waals surface area contributed by atoms with Gasteiger partial charge in [-0.1, -0.05) is 18.2 Å². The summed E-state index contributed by atoms with van der Waals surface area (Å²) in [6.45, 7) is 6.04. The number of hydrogen-bond acceptors (Lipinski definition) is 4. The van der Waals surface area contributed by atoms with Gasteiger partial charge in [0.05, 0.1) is 18.3 Å². The maximum absolute atomic E-state index is 5.19. The summed E-state index contributed by atoms with van der Waals surface area (Å²) in [5, 5.41) is 8.58. The van der Waals surface area contributed by atoms with E-state index in [0.29, 0.717) is 5.70 Å². The van der Waals surface area contributed by atoms with Gasteiger partial charge in [-0.3, -0.25) is 0 Å². The third-order valence-corrected chi connectivity index (χ3v) is 2.88. The van der Waals surface area contributed by atoms with Crippen molar-refractivity contribution in [1.82, 2.24) is 0 Å². The van der Waals surface area contributed by atoms with Crippen LogP contribution in [-0.2, 0) is 0 Å². The molecule has 0 aliphatic heterocycles. The van der Waals surface area contributed by atoms with E-state index < -0.39 is 0 Å². The molecule has 0 aliphatic rings. The van der Waals surface area contributed by atoms with Gasteiger partial charge in [-0.05, 0) is 57.2 Å². The Morgan fingerprint density at radius 1 is 0.957 bits per heavy atom. The molecule has 0 radical (unpaired) electrons. The highest BCUT2D eigenvalue weighted by atomic mass is 16.5. The number of ether oxygens (including phenoxy) is 1. The van der Waals surface area contributed by atoms with Crippen LogP contribution in [0.15, 0.2) is 69.8 Å². The number of nitrogens with zero attached hydrogens (tertiary/aromatic N) is 3. The smallest absolute Gasteiger partial charge is 0.153 e. The molecule has 0 saturated carbocycles. The van der Waals surface area contributed by atoms with Crippen LogP contribution in [-0.4, -0.2) is 18.5 Å². The average Bonchev–Trinajstić information content (AvgIpc) is 2.55. The number of rotatable bonds is 4. The van der Waals surface area contributed by atoms with Crippen LogP contribution in [0.4, 0.5) is 5.69 Å². The molecule has 0 bridgehead atoms. The van der Waals surface area contributed by atoms with Gasteiger partial charge in [-0.15, -0.1) is 10.2 Å². The van der Waals surface area contributed by atoms with Crippen molar-refractivity contribution in [2.75, 3.05) is 7.11 Å². The van der Waals surface area contributed by atoms with E-state index >= 15 is 0 Å². The Hall–Kier alpha value is -2.71. The highest BCUT2D eigenvalue weighted by Crippen LogP contribution is 2.21. The monoisotopic (exact) mass is 307 g/mol. The van der Waals surface area contributed by atoms with Crippen molar-refractivity contribution >= 4 is 17.3 Å². The molecule has 0 spiro atoms. The minimum atomic E-state index is -0.222. The van der Waals surface area contributed by atoms with Crippen molar-refractivity contribution in [3.8, 4) is 5.75 Å². The first-order valence-electron chi connectivity index (χ1n) is 7.44. The van der Waals surface area contributed by atoms with Crippen LogP contribution in [0.3, 0.4) is 0 Å². The number of methoxy groups -OCH3 is 1. The van der Waals surface area contributed by atoms with E-state index in [0.717, 1.165) is 17.0 Å². The van der Waals surface area contributed by atoms with Gasteiger partial charge in [0.2, 0.25) is 0 Å². The topological polar surface area (TPSA) is 46.3 Å². The van der Waals surface area contributed by atoms with Gasteiger partial charge < -0.3 is 4.74 Å². The quantitative estimate of drug-likeness (QED) is 0.559. The van der Waals surface area contributed by atoms with Gasteiger partial charge in [0.1, 0.15) is 5.75 Å². The summed E-state index contributed by atoms with van der Waals surface area (Å²) in [6, 6.07) is 17.2. The minimum absolute atomic E-state index is 0.222. The molecule has 2 aromatic carbocycles. The first-order valence-corrected chi connectivity index (χ1v) is 7.44. The SMILES string of the molecule is COc1ccc(C(=C=NC(C)(C)C)N=Nc2ccccc2)cc1. The van der Waals surface area contributed by atoms with Crippen LogP contribution in [0.2, 0.25) is 0 Å². The van der Waals surface area contributed by atoms with E-state index in [2.05, 4.69) is 21.1 Å². The lowest BCUT2D eigenvalue weighted by molar-refractivity contribution is 0.415. The van der Waals surface area contributed by atoms with E-state index in [4.69, 9.17) is 4.74 Å². The Morgan fingerprint density at radius 2 is 1.61 bits per heavy atom. The molecule has 0 saturated heterocycles. The maximum Gasteiger partial charge on any atom is 0.153 e. The fraction of sp³-hybridized carbons (Fsp3) is 0.263. The van der Waals surface area contributed by atoms with Crippen molar-refractivity contribution in [3.05, 3.63) is 60.2 Å². The molecule has 0 N–H and O–H groups in total. The first-order chi connectivity index (χ1) is 11.0. The molecule has 0 aromatic heterocycles. The van der Waals surface area contributed by atoms with Crippen molar-refractivity contribution in [3.63, 3.8) is 0 Å². The van der Waals surface area contributed by atoms with E-state index in [1.54, 1.807) is 7.11 Å². The number of hydrogen-bond donors (Lipinski definition) is 0. The maximum atomic E-state index is 5.19. The molecule has 2 aromatic rings. The summed E-state index contributed by atoms with van der Waals surface area (Å²) in [6.07, 6.45) is 0. The third-order valence-electron chi connectivity index (χ3n) is 2.88. The molecule has 118 valence electrons. The standard InChI is InChI=1S/C19H21N3O/c1-19(2,3)20-14-18(15-10-12-17(23-4)13-11-15)22-21-16-8-6-5-7-9-16/h5-13H,1-4H3. The Labute approximate surface area is 137 Å². The summed E-state index contributed by atoms with van der Waals surface area (Å²) in [4.78, 5) is 4.42. The Bertz CT molecular complexity index is 719. The van der Waals surface area contributed by atoms with Gasteiger partial charge in [0, 0.05) is 11.4 Å². The van der Waals surface area contributed by atoms with Crippen molar-refractivity contribution in [1.29, 1.82) is 0 Å². The van der Waals surface area contributed by atoms with Gasteiger partial charge in [-0.2, -0.15) is 0 Å². The van der Waals surface area contributed by atoms with Gasteiger partial charge in [0.15, 0.2) is 5.70 Å². The van der Waals surface area contributed by atoms with Crippen LogP contribution < -0.4 is 4.74 Å². The van der Waals surface area contributed by atoms with Gasteiger partial charge >= 0.3 is 0 Å². The summed E-state index contributed by atoms with van der Waals surface area (Å²) in [5.74, 6) is 3.82. The zero-order chi connectivity index (χ0) is 16.7. The molecular weight excluding hydrogens is 286 g/mol. The summed E-state index contributed by atoms with van der Waals surface area (Å²) in [7, 11) is 1.64. The van der Waals surface area contributed by atoms with Crippen molar-refractivity contribution in [2.24, 2.45) is 15.2 Å². The highest BCUT2D eigenvalue weighted by molar-refractivity contribution is 5.89. The zero-order valence-electron chi connectivity index (χ0n) is 13.9. The van der Waals surface area contributed by atoms with Gasteiger partial charge in [0.25, 0.3) is 0 Å². The molecule has 0 fully saturated rings. The molecular formula is C19H21N3O. The van der Waals surface area contributed by atoms with Crippen LogP contribution in [0.1, 0.15) is 26.3 Å². The first kappa shape index (κ1) is 16.7. The minimum Gasteiger partial charge on any atom is -0.497 e. The normalized spacial score (nSPS) is 11.1. The predicted octanol–water partition coefficient (Wildman–Crippen LogP) is 5.29. The van der Waals surface area contributed by atoms with Gasteiger partial charge in [-0.25, -0.2) is 4.99 Å². The van der Waals surface area contributed by atoms with Crippen LogP contribution in [0.5, 0.6) is 5.75 Å². The van der Waals surface area contributed by atoms with Crippen LogP contribution in [0, 0.1) is 0 Å². The summed E-state index contributed by atoms with van der Waals surface area (Å²) in [5.41, 5.74) is 2.04. The number of aliphatic imine (C=N–C) groups is 1. The second-order valence-electron chi connectivity index (χ2n) is 6.01. The lowest BCUT2D eigenvalue weighted by Gasteiger charge is -2.08. The Balaban J connectivity index is 2.39. The Morgan fingerprint density at radius 3 is 2.17 bits per heavy atom. The highest BCUT2D eigenvalue weighted by Gasteiger charge is 2.06. The second kappa shape index (κ2) is 7.52. The number of azo groups is 1. The van der Waals surface area contributed by atoms with E-state index in [1.807, 2.05) is 75.4 Å². The van der Waals surface area contributed by atoms with Crippen LogP contribution in [0.25, 0.3) is 5.70 Å². The molecule has 4 nitrogen and oxygen atoms in total. The summed E-state index contributed by atoms with van der Waals surface area (Å²) < 4.78 is 5.19. The third kappa shape index (κ3) is 5.53. The molecule has 0 unspecified atom stereocenters. The average molecular weight is 307 g/mol. The Kier molecular flexibility index (Phi) is 5.45. The lowest BCUT2D eigenvalue weighted by Crippen LogP contribution is -2.08. The fourth-order valence-corrected chi connectivity index (χ4v) is 1.72. The molecule has 0 amide bonds. The van der Waals surface area contributed by atoms with Crippen molar-refractivity contribution < 1.29 is 4.74 Å². The molecule has 0 heterocycles. The van der Waals surface area contributed by atoms with Crippen LogP contribution >= 0.6 is 0 Å². The molecule has 23 heavy (non-hydrogen) atoms. The molecule has 4 heteroatoms. The molecule has 0 atom stereocenters. The number of benzene rings is 2. The van der Waals surface area contributed by atoms with E-state index in [1.165, 1.54) is 0 Å². The predicted molar refractivity (Wildman–Crippen MR) is 94.5 cm³/mol. The van der Waals surface area contributed by atoms with Crippen molar-refractivity contribution in [2.45, 2.75) is 26.3 Å². The molecule has 2 rings (SSSR count). The second-order valence-corrected chi connectivity index (χ2v) is 6.01. The largest absolute Gasteiger partial charge is 0.497 e. The zero-order valence-corrected chi connectivity index (χ0v) is 13.9. The lowest BCUT2D eigenvalue weighted by atomic mass is 10.1.